The second kappa shape index (κ2) is 10.4. The van der Waals surface area contributed by atoms with Crippen LogP contribution < -0.4 is 10.1 Å². The highest BCUT2D eigenvalue weighted by Gasteiger charge is 2.37. The number of nitrogens with zero attached hydrogens (tertiary/aromatic N) is 2. The molecule has 2 saturated heterocycles. The van der Waals surface area contributed by atoms with E-state index in [4.69, 9.17) is 4.74 Å². The molecule has 0 atom stereocenters. The number of carbonyl (C=O) groups is 4. The van der Waals surface area contributed by atoms with E-state index in [9.17, 15) is 19.2 Å². The first-order valence-electron chi connectivity index (χ1n) is 10.6. The predicted molar refractivity (Wildman–Crippen MR) is 125 cm³/mol. The fourth-order valence-electron chi connectivity index (χ4n) is 3.52. The molecule has 170 valence electrons. The monoisotopic (exact) mass is 465 g/mol. The molecule has 0 spiro atoms. The fraction of sp³-hybridized carbons (Fsp3) is 0.250. The standard InChI is InChI=1S/C24H23N3O5S/c28-21(25-18-6-2-1-3-7-18)16-32-19-10-8-17(9-11-19)14-20-23(30)27(24(31)33-20)15-22(29)26-12-4-5-13-26/h1-3,6-11,14H,4-5,12-13,15-16H2,(H,25,28)/b20-14+. The van der Waals surface area contributed by atoms with Gasteiger partial charge in [-0.2, -0.15) is 0 Å². The SMILES string of the molecule is O=C(COc1ccc(/C=C2/SC(=O)N(CC(=O)N3CCCC3)C2=O)cc1)Nc1ccccc1. The van der Waals surface area contributed by atoms with Gasteiger partial charge in [0, 0.05) is 18.8 Å². The minimum absolute atomic E-state index is 0.141. The molecule has 2 aliphatic rings. The molecule has 2 aromatic carbocycles. The number of imide groups is 1. The second-order valence-corrected chi connectivity index (χ2v) is 8.62. The van der Waals surface area contributed by atoms with Crippen LogP contribution in [0.4, 0.5) is 10.5 Å². The summed E-state index contributed by atoms with van der Waals surface area (Å²) in [7, 11) is 0. The number of likely N-dealkylation sites (tertiary alicyclic amines) is 1. The number of carbonyl (C=O) groups excluding carboxylic acids is 4. The molecule has 2 aliphatic heterocycles. The van der Waals surface area contributed by atoms with Gasteiger partial charge in [-0.3, -0.25) is 24.1 Å². The van der Waals surface area contributed by atoms with Gasteiger partial charge in [-0.15, -0.1) is 0 Å². The Kier molecular flexibility index (Phi) is 7.09. The van der Waals surface area contributed by atoms with Crippen LogP contribution >= 0.6 is 11.8 Å². The van der Waals surface area contributed by atoms with Crippen molar-refractivity contribution in [3.05, 3.63) is 65.1 Å². The highest BCUT2D eigenvalue weighted by atomic mass is 32.2. The molecule has 1 N–H and O–H groups in total. The smallest absolute Gasteiger partial charge is 0.294 e. The van der Waals surface area contributed by atoms with E-state index in [0.29, 0.717) is 30.1 Å². The van der Waals surface area contributed by atoms with Crippen LogP contribution in [0.1, 0.15) is 18.4 Å². The van der Waals surface area contributed by atoms with E-state index < -0.39 is 11.1 Å². The van der Waals surface area contributed by atoms with Crippen molar-refractivity contribution in [3.63, 3.8) is 0 Å². The largest absolute Gasteiger partial charge is 0.484 e. The molecular formula is C24H23N3O5S. The molecule has 2 aromatic rings. The quantitative estimate of drug-likeness (QED) is 0.630. The van der Waals surface area contributed by atoms with E-state index in [1.54, 1.807) is 47.4 Å². The Morgan fingerprint density at radius 2 is 1.70 bits per heavy atom. The van der Waals surface area contributed by atoms with E-state index in [0.717, 1.165) is 29.5 Å². The van der Waals surface area contributed by atoms with Crippen LogP contribution in [0.3, 0.4) is 0 Å². The summed E-state index contributed by atoms with van der Waals surface area (Å²) >= 11 is 0.824. The average molecular weight is 466 g/mol. The molecule has 4 amide bonds. The lowest BCUT2D eigenvalue weighted by Gasteiger charge is -2.18. The Labute approximate surface area is 195 Å². The maximum absolute atomic E-state index is 12.6. The lowest BCUT2D eigenvalue weighted by molar-refractivity contribution is -0.135. The molecule has 0 unspecified atom stereocenters. The van der Waals surface area contributed by atoms with E-state index in [-0.39, 0.29) is 29.9 Å². The second-order valence-electron chi connectivity index (χ2n) is 7.63. The normalized spacial score (nSPS) is 17.0. The van der Waals surface area contributed by atoms with Crippen molar-refractivity contribution in [2.45, 2.75) is 12.8 Å². The Balaban J connectivity index is 1.31. The van der Waals surface area contributed by atoms with Crippen LogP contribution in [-0.4, -0.2) is 59.0 Å². The van der Waals surface area contributed by atoms with Crippen molar-refractivity contribution in [1.29, 1.82) is 0 Å². The summed E-state index contributed by atoms with van der Waals surface area (Å²) < 4.78 is 5.50. The van der Waals surface area contributed by atoms with Gasteiger partial charge in [0.1, 0.15) is 12.3 Å². The topological polar surface area (TPSA) is 96.0 Å². The third-order valence-corrected chi connectivity index (χ3v) is 6.14. The number of para-hydroxylation sites is 1. The first kappa shape index (κ1) is 22.6. The molecule has 33 heavy (non-hydrogen) atoms. The number of hydrogen-bond donors (Lipinski definition) is 1. The van der Waals surface area contributed by atoms with Gasteiger partial charge in [0.15, 0.2) is 6.61 Å². The molecule has 2 fully saturated rings. The highest BCUT2D eigenvalue weighted by Crippen LogP contribution is 2.32. The summed E-state index contributed by atoms with van der Waals surface area (Å²) in [5.41, 5.74) is 1.39. The summed E-state index contributed by atoms with van der Waals surface area (Å²) in [6.45, 7) is 0.985. The van der Waals surface area contributed by atoms with Crippen molar-refractivity contribution in [3.8, 4) is 5.75 Å². The molecule has 0 saturated carbocycles. The number of amides is 4. The van der Waals surface area contributed by atoms with E-state index in [2.05, 4.69) is 5.32 Å². The van der Waals surface area contributed by atoms with Crippen LogP contribution in [-0.2, 0) is 14.4 Å². The number of anilines is 1. The molecule has 2 heterocycles. The first-order chi connectivity index (χ1) is 16.0. The van der Waals surface area contributed by atoms with Gasteiger partial charge in [-0.25, -0.2) is 0 Å². The lowest BCUT2D eigenvalue weighted by Crippen LogP contribution is -2.40. The van der Waals surface area contributed by atoms with Crippen molar-refractivity contribution < 1.29 is 23.9 Å². The lowest BCUT2D eigenvalue weighted by atomic mass is 10.2. The van der Waals surface area contributed by atoms with Crippen molar-refractivity contribution in [1.82, 2.24) is 9.80 Å². The number of rotatable bonds is 7. The van der Waals surface area contributed by atoms with Gasteiger partial charge in [0.2, 0.25) is 5.91 Å². The molecular weight excluding hydrogens is 442 g/mol. The zero-order valence-electron chi connectivity index (χ0n) is 17.9. The van der Waals surface area contributed by atoms with Crippen molar-refractivity contribution in [2.75, 3.05) is 31.6 Å². The average Bonchev–Trinajstić information content (AvgIpc) is 3.44. The fourth-order valence-corrected chi connectivity index (χ4v) is 4.36. The molecule has 9 heteroatoms. The molecule has 0 aromatic heterocycles. The van der Waals surface area contributed by atoms with Crippen LogP contribution in [0.25, 0.3) is 6.08 Å². The summed E-state index contributed by atoms with van der Waals surface area (Å²) in [6, 6.07) is 15.9. The van der Waals surface area contributed by atoms with Crippen LogP contribution in [0.5, 0.6) is 5.75 Å². The Bertz CT molecular complexity index is 1080. The zero-order valence-corrected chi connectivity index (χ0v) is 18.7. The van der Waals surface area contributed by atoms with Crippen molar-refractivity contribution in [2.24, 2.45) is 0 Å². The van der Waals surface area contributed by atoms with Crippen molar-refractivity contribution >= 4 is 46.5 Å². The first-order valence-corrected chi connectivity index (χ1v) is 11.4. The maximum Gasteiger partial charge on any atom is 0.294 e. The third-order valence-electron chi connectivity index (χ3n) is 5.23. The number of ether oxygens (including phenoxy) is 1. The number of thioether (sulfide) groups is 1. The Hall–Kier alpha value is -3.59. The summed E-state index contributed by atoms with van der Waals surface area (Å²) in [6.07, 6.45) is 3.51. The van der Waals surface area contributed by atoms with E-state index >= 15 is 0 Å². The van der Waals surface area contributed by atoms with Crippen LogP contribution in [0.2, 0.25) is 0 Å². The minimum atomic E-state index is -0.463. The molecule has 8 nitrogen and oxygen atoms in total. The Morgan fingerprint density at radius 3 is 2.39 bits per heavy atom. The highest BCUT2D eigenvalue weighted by molar-refractivity contribution is 8.18. The molecule has 0 bridgehead atoms. The third kappa shape index (κ3) is 5.81. The van der Waals surface area contributed by atoms with Gasteiger partial charge in [-0.1, -0.05) is 30.3 Å². The maximum atomic E-state index is 12.6. The van der Waals surface area contributed by atoms with E-state index in [1.807, 2.05) is 18.2 Å². The zero-order chi connectivity index (χ0) is 23.2. The number of hydrogen-bond acceptors (Lipinski definition) is 6. The number of nitrogens with one attached hydrogen (secondary N) is 1. The minimum Gasteiger partial charge on any atom is -0.484 e. The van der Waals surface area contributed by atoms with Crippen LogP contribution in [0, 0.1) is 0 Å². The predicted octanol–water partition coefficient (Wildman–Crippen LogP) is 3.36. The molecule has 0 radical (unpaired) electrons. The van der Waals surface area contributed by atoms with Gasteiger partial charge < -0.3 is 15.0 Å². The molecule has 0 aliphatic carbocycles. The van der Waals surface area contributed by atoms with E-state index in [1.165, 1.54) is 0 Å². The van der Waals surface area contributed by atoms with Gasteiger partial charge in [0.05, 0.1) is 4.91 Å². The summed E-state index contributed by atoms with van der Waals surface area (Å²) in [4.78, 5) is 52.2. The number of benzene rings is 2. The molecule has 4 rings (SSSR count). The summed E-state index contributed by atoms with van der Waals surface area (Å²) in [5, 5.41) is 2.30. The van der Waals surface area contributed by atoms with Gasteiger partial charge in [0.25, 0.3) is 17.1 Å². The van der Waals surface area contributed by atoms with Gasteiger partial charge in [-0.05, 0) is 60.5 Å². The summed E-state index contributed by atoms with van der Waals surface area (Å²) in [5.74, 6) is -0.439. The van der Waals surface area contributed by atoms with Crippen LogP contribution in [0.15, 0.2) is 59.5 Å². The Morgan fingerprint density at radius 1 is 1.00 bits per heavy atom. The van der Waals surface area contributed by atoms with Gasteiger partial charge >= 0.3 is 0 Å².